The van der Waals surface area contributed by atoms with Crippen molar-refractivity contribution < 1.29 is 14.0 Å². The lowest BCUT2D eigenvalue weighted by Crippen LogP contribution is -2.52. The second kappa shape index (κ2) is 11.1. The van der Waals surface area contributed by atoms with E-state index < -0.39 is 12.2 Å². The molecule has 2 fully saturated rings. The molecule has 0 saturated carbocycles. The molecular weight excluding hydrogens is 431 g/mol. The first-order valence-corrected chi connectivity index (χ1v) is 12.2. The smallest absolute Gasteiger partial charge is 0.243 e. The van der Waals surface area contributed by atoms with E-state index in [1.165, 1.54) is 10.5 Å². The molecule has 6 nitrogen and oxygen atoms in total. The number of nitrogens with zero attached hydrogens (tertiary/aromatic N) is 2. The van der Waals surface area contributed by atoms with Crippen LogP contribution >= 0.6 is 0 Å². The molecule has 2 heterocycles. The minimum Gasteiger partial charge on any atom is -0.343 e. The van der Waals surface area contributed by atoms with Crippen molar-refractivity contribution in [3.8, 4) is 0 Å². The molecule has 7 heteroatoms. The van der Waals surface area contributed by atoms with Crippen LogP contribution in [0.25, 0.3) is 0 Å². The molecule has 2 N–H and O–H groups in total. The molecule has 2 saturated heterocycles. The number of carbonyl (C=O) groups excluding carboxylic acids is 2. The minimum atomic E-state index is -1.19. The summed E-state index contributed by atoms with van der Waals surface area (Å²) in [6, 6.07) is 16.8. The van der Waals surface area contributed by atoms with Gasteiger partial charge in [0.15, 0.2) is 0 Å². The van der Waals surface area contributed by atoms with Crippen molar-refractivity contribution in [2.75, 3.05) is 39.3 Å². The molecule has 2 aliphatic heterocycles. The summed E-state index contributed by atoms with van der Waals surface area (Å²) in [7, 11) is 0. The van der Waals surface area contributed by atoms with Gasteiger partial charge >= 0.3 is 0 Å². The first kappa shape index (κ1) is 24.4. The van der Waals surface area contributed by atoms with Crippen LogP contribution in [-0.2, 0) is 9.59 Å². The quantitative estimate of drug-likeness (QED) is 0.659. The van der Waals surface area contributed by atoms with Crippen molar-refractivity contribution in [3.05, 3.63) is 71.3 Å². The number of alkyl halides is 1. The van der Waals surface area contributed by atoms with Crippen molar-refractivity contribution in [1.82, 2.24) is 20.4 Å². The van der Waals surface area contributed by atoms with Crippen LogP contribution in [0, 0.1) is 0 Å². The summed E-state index contributed by atoms with van der Waals surface area (Å²) in [5.74, 6) is -0.0793. The largest absolute Gasteiger partial charge is 0.343 e. The van der Waals surface area contributed by atoms with E-state index in [1.807, 2.05) is 42.5 Å². The highest BCUT2D eigenvalue weighted by Crippen LogP contribution is 2.27. The molecule has 2 amide bonds. The Labute approximate surface area is 201 Å². The second-order valence-corrected chi connectivity index (χ2v) is 9.59. The second-order valence-electron chi connectivity index (χ2n) is 9.59. The van der Waals surface area contributed by atoms with E-state index >= 15 is 0 Å². The average molecular weight is 467 g/mol. The summed E-state index contributed by atoms with van der Waals surface area (Å²) >= 11 is 0. The van der Waals surface area contributed by atoms with Gasteiger partial charge in [-0.1, -0.05) is 68.4 Å². The fourth-order valence-corrected chi connectivity index (χ4v) is 4.78. The van der Waals surface area contributed by atoms with Crippen molar-refractivity contribution in [3.63, 3.8) is 0 Å². The van der Waals surface area contributed by atoms with Gasteiger partial charge in [-0.05, 0) is 22.6 Å². The van der Waals surface area contributed by atoms with Crippen LogP contribution in [0.5, 0.6) is 0 Å². The lowest BCUT2D eigenvalue weighted by molar-refractivity contribution is -0.139. The summed E-state index contributed by atoms with van der Waals surface area (Å²) in [6.45, 7) is 7.69. The van der Waals surface area contributed by atoms with Gasteiger partial charge in [-0.25, -0.2) is 4.39 Å². The third kappa shape index (κ3) is 5.83. The highest BCUT2D eigenvalue weighted by Gasteiger charge is 2.40. The van der Waals surface area contributed by atoms with Gasteiger partial charge < -0.3 is 15.5 Å². The number of hydrogen-bond acceptors (Lipinski definition) is 4. The molecular formula is C27H35FN4O2. The minimum absolute atomic E-state index is 0.0257. The van der Waals surface area contributed by atoms with Crippen molar-refractivity contribution in [1.29, 1.82) is 0 Å². The van der Waals surface area contributed by atoms with Gasteiger partial charge in [-0.15, -0.1) is 0 Å². The molecule has 2 aromatic carbocycles. The van der Waals surface area contributed by atoms with Gasteiger partial charge in [0.25, 0.3) is 0 Å². The number of halogens is 1. The molecule has 0 aliphatic carbocycles. The monoisotopic (exact) mass is 466 g/mol. The number of piperazine rings is 1. The topological polar surface area (TPSA) is 64.7 Å². The van der Waals surface area contributed by atoms with Gasteiger partial charge in [0, 0.05) is 32.6 Å². The summed E-state index contributed by atoms with van der Waals surface area (Å²) in [6.07, 6.45) is -1.16. The number of benzene rings is 2. The van der Waals surface area contributed by atoms with E-state index in [4.69, 9.17) is 0 Å². The Morgan fingerprint density at radius 2 is 1.62 bits per heavy atom. The zero-order chi connectivity index (χ0) is 24.1. The number of hydrogen-bond donors (Lipinski definition) is 2. The maximum absolute atomic E-state index is 14.4. The molecule has 34 heavy (non-hydrogen) atoms. The Morgan fingerprint density at radius 3 is 2.26 bits per heavy atom. The molecule has 182 valence electrons. The summed E-state index contributed by atoms with van der Waals surface area (Å²) in [4.78, 5) is 29.9. The molecule has 0 bridgehead atoms. The lowest BCUT2D eigenvalue weighted by Gasteiger charge is -2.31. The summed E-state index contributed by atoms with van der Waals surface area (Å²) < 4.78 is 14.4. The van der Waals surface area contributed by atoms with Crippen LogP contribution in [0.15, 0.2) is 54.6 Å². The van der Waals surface area contributed by atoms with E-state index in [9.17, 15) is 14.0 Å². The fourth-order valence-electron chi connectivity index (χ4n) is 4.78. The van der Waals surface area contributed by atoms with Gasteiger partial charge in [-0.3, -0.25) is 14.5 Å². The highest BCUT2D eigenvalue weighted by atomic mass is 19.1. The molecule has 3 atom stereocenters. The zero-order valence-electron chi connectivity index (χ0n) is 20.0. The Balaban J connectivity index is 1.52. The average Bonchev–Trinajstić information content (AvgIpc) is 3.25. The predicted molar refractivity (Wildman–Crippen MR) is 131 cm³/mol. The highest BCUT2D eigenvalue weighted by molar-refractivity contribution is 5.89. The van der Waals surface area contributed by atoms with Crippen LogP contribution in [-0.4, -0.2) is 73.1 Å². The number of carbonyl (C=O) groups is 2. The van der Waals surface area contributed by atoms with E-state index in [1.54, 1.807) is 0 Å². The van der Waals surface area contributed by atoms with E-state index in [0.29, 0.717) is 5.92 Å². The Kier molecular flexibility index (Phi) is 7.95. The van der Waals surface area contributed by atoms with Gasteiger partial charge in [0.2, 0.25) is 11.8 Å². The van der Waals surface area contributed by atoms with Gasteiger partial charge in [-0.2, -0.15) is 0 Å². The van der Waals surface area contributed by atoms with Crippen molar-refractivity contribution in [2.24, 2.45) is 0 Å². The summed E-state index contributed by atoms with van der Waals surface area (Å²) in [5, 5.41) is 6.39. The molecule has 2 aromatic rings. The molecule has 2 aliphatic rings. The Bertz CT molecular complexity index is 960. The fraction of sp³-hybridized carbons (Fsp3) is 0.481. The number of likely N-dealkylation sites (tertiary alicyclic amines) is 1. The standard InChI is InChI=1S/C27H35FN4O2/c1-19(2)20-8-10-22(11-9-20)26(21-6-4-3-5-7-21)30-27(34)24-16-23(28)17-32(24)25(33)18-31-14-12-29-13-15-31/h3-11,19,23-24,26,29H,12-18H2,1-2H3,(H,30,34). The first-order valence-electron chi connectivity index (χ1n) is 12.2. The van der Waals surface area contributed by atoms with Crippen LogP contribution < -0.4 is 10.6 Å². The maximum Gasteiger partial charge on any atom is 0.243 e. The predicted octanol–water partition coefficient (Wildman–Crippen LogP) is 2.86. The van der Waals surface area contributed by atoms with E-state index in [2.05, 4.69) is 41.5 Å². The zero-order valence-corrected chi connectivity index (χ0v) is 20.0. The van der Waals surface area contributed by atoms with Crippen LogP contribution in [0.1, 0.15) is 48.9 Å². The van der Waals surface area contributed by atoms with Crippen LogP contribution in [0.4, 0.5) is 4.39 Å². The van der Waals surface area contributed by atoms with Crippen LogP contribution in [0.3, 0.4) is 0 Å². The van der Waals surface area contributed by atoms with Crippen LogP contribution in [0.2, 0.25) is 0 Å². The summed E-state index contributed by atoms with van der Waals surface area (Å²) in [5.41, 5.74) is 3.13. The third-order valence-electron chi connectivity index (χ3n) is 6.80. The molecule has 0 spiro atoms. The molecule has 3 unspecified atom stereocenters. The Morgan fingerprint density at radius 1 is 1.00 bits per heavy atom. The van der Waals surface area contributed by atoms with Gasteiger partial charge in [0.05, 0.1) is 19.1 Å². The number of nitrogens with one attached hydrogen (secondary N) is 2. The number of amides is 2. The van der Waals surface area contributed by atoms with Crippen molar-refractivity contribution >= 4 is 11.8 Å². The first-order chi connectivity index (χ1) is 16.4. The third-order valence-corrected chi connectivity index (χ3v) is 6.80. The van der Waals surface area contributed by atoms with Crippen molar-refractivity contribution in [2.45, 2.75) is 44.4 Å². The molecule has 0 radical (unpaired) electrons. The number of rotatable bonds is 7. The molecule has 0 aromatic heterocycles. The normalized spacial score (nSPS) is 22.1. The SMILES string of the molecule is CC(C)c1ccc(C(NC(=O)C2CC(F)CN2C(=O)CN2CCNCC2)c2ccccc2)cc1. The maximum atomic E-state index is 14.4. The van der Waals surface area contributed by atoms with Gasteiger partial charge in [0.1, 0.15) is 12.2 Å². The lowest BCUT2D eigenvalue weighted by atomic mass is 9.95. The van der Waals surface area contributed by atoms with E-state index in [0.717, 1.165) is 37.3 Å². The molecule has 4 rings (SSSR count). The Hall–Kier alpha value is -2.77. The van der Waals surface area contributed by atoms with E-state index in [-0.39, 0.29) is 37.4 Å².